The predicted octanol–water partition coefficient (Wildman–Crippen LogP) is 0.795. The first-order valence-corrected chi connectivity index (χ1v) is 5.63. The van der Waals surface area contributed by atoms with Crippen molar-refractivity contribution < 1.29 is 19.0 Å². The summed E-state index contributed by atoms with van der Waals surface area (Å²) in [7, 11) is 1.40. The van der Waals surface area contributed by atoms with Crippen LogP contribution in [0.1, 0.15) is 13.8 Å². The third-order valence-electron chi connectivity index (χ3n) is 2.39. The standard InChI is InChI=1S/C9H14O4S/c1-9(2)12-5-4-14-7(6(5)13-9)8(10)11-3/h5-7H,4H2,1-3H3/t5-,6-,7+/m0/s1. The lowest BCUT2D eigenvalue weighted by Gasteiger charge is -2.20. The summed E-state index contributed by atoms with van der Waals surface area (Å²) in [5.41, 5.74) is 0. The molecule has 5 heteroatoms. The molecule has 2 rings (SSSR count). The van der Waals surface area contributed by atoms with E-state index < -0.39 is 5.79 Å². The third kappa shape index (κ3) is 1.64. The first-order chi connectivity index (χ1) is 6.53. The second-order valence-corrected chi connectivity index (χ2v) is 5.09. The van der Waals surface area contributed by atoms with Crippen LogP contribution in [-0.2, 0) is 19.0 Å². The van der Waals surface area contributed by atoms with Crippen LogP contribution < -0.4 is 0 Å². The Labute approximate surface area is 87.3 Å². The second kappa shape index (κ2) is 3.40. The van der Waals surface area contributed by atoms with Crippen molar-refractivity contribution in [1.29, 1.82) is 0 Å². The fourth-order valence-corrected chi connectivity index (χ4v) is 3.17. The molecule has 0 unspecified atom stereocenters. The highest BCUT2D eigenvalue weighted by atomic mass is 32.2. The van der Waals surface area contributed by atoms with Gasteiger partial charge in [-0.1, -0.05) is 0 Å². The molecule has 80 valence electrons. The van der Waals surface area contributed by atoms with Gasteiger partial charge in [0.1, 0.15) is 11.4 Å². The van der Waals surface area contributed by atoms with Crippen LogP contribution in [0.4, 0.5) is 0 Å². The van der Waals surface area contributed by atoms with Gasteiger partial charge in [-0.3, -0.25) is 4.79 Å². The molecule has 2 aliphatic rings. The average molecular weight is 218 g/mol. The summed E-state index contributed by atoms with van der Waals surface area (Å²) in [4.78, 5) is 11.4. The Bertz CT molecular complexity index is 253. The van der Waals surface area contributed by atoms with Gasteiger partial charge in [-0.05, 0) is 13.8 Å². The van der Waals surface area contributed by atoms with Gasteiger partial charge in [0.25, 0.3) is 0 Å². The molecule has 0 aliphatic carbocycles. The number of fused-ring (bicyclic) bond motifs is 1. The van der Waals surface area contributed by atoms with Crippen molar-refractivity contribution >= 4 is 17.7 Å². The minimum Gasteiger partial charge on any atom is -0.468 e. The minimum absolute atomic E-state index is 0.0269. The van der Waals surface area contributed by atoms with E-state index in [1.165, 1.54) is 7.11 Å². The number of carbonyl (C=O) groups is 1. The first-order valence-electron chi connectivity index (χ1n) is 4.58. The summed E-state index contributed by atoms with van der Waals surface area (Å²) in [5.74, 6) is 0.0139. The Hall–Kier alpha value is -0.260. The summed E-state index contributed by atoms with van der Waals surface area (Å²) in [5, 5.41) is -0.230. The number of thioether (sulfide) groups is 1. The van der Waals surface area contributed by atoms with Crippen molar-refractivity contribution in [3.63, 3.8) is 0 Å². The summed E-state index contributed by atoms with van der Waals surface area (Å²) in [6, 6.07) is 0. The molecule has 0 radical (unpaired) electrons. The Morgan fingerprint density at radius 1 is 1.50 bits per heavy atom. The van der Waals surface area contributed by atoms with E-state index in [0.717, 1.165) is 5.75 Å². The monoisotopic (exact) mass is 218 g/mol. The molecule has 2 heterocycles. The Balaban J connectivity index is 2.08. The largest absolute Gasteiger partial charge is 0.468 e. The molecule has 0 saturated carbocycles. The van der Waals surface area contributed by atoms with Crippen LogP contribution in [0.15, 0.2) is 0 Å². The molecule has 0 aromatic carbocycles. The van der Waals surface area contributed by atoms with Gasteiger partial charge in [-0.15, -0.1) is 11.8 Å². The number of ether oxygens (including phenoxy) is 3. The Morgan fingerprint density at radius 2 is 2.21 bits per heavy atom. The summed E-state index contributed by atoms with van der Waals surface area (Å²) in [6.45, 7) is 3.73. The van der Waals surface area contributed by atoms with Crippen molar-refractivity contribution in [2.24, 2.45) is 0 Å². The van der Waals surface area contributed by atoms with E-state index in [1.807, 2.05) is 13.8 Å². The maximum atomic E-state index is 11.4. The Morgan fingerprint density at radius 3 is 2.86 bits per heavy atom. The van der Waals surface area contributed by atoms with Gasteiger partial charge in [-0.2, -0.15) is 0 Å². The molecular formula is C9H14O4S. The lowest BCUT2D eigenvalue weighted by Crippen LogP contribution is -2.34. The van der Waals surface area contributed by atoms with E-state index in [9.17, 15) is 4.79 Å². The number of rotatable bonds is 1. The lowest BCUT2D eigenvalue weighted by atomic mass is 10.2. The zero-order valence-electron chi connectivity index (χ0n) is 8.48. The van der Waals surface area contributed by atoms with Crippen LogP contribution >= 0.6 is 11.8 Å². The average Bonchev–Trinajstić information content (AvgIpc) is 2.58. The van der Waals surface area contributed by atoms with E-state index in [-0.39, 0.29) is 23.4 Å². The fraction of sp³-hybridized carbons (Fsp3) is 0.889. The van der Waals surface area contributed by atoms with Crippen LogP contribution in [0.25, 0.3) is 0 Å². The zero-order valence-corrected chi connectivity index (χ0v) is 9.30. The molecule has 2 aliphatic heterocycles. The maximum Gasteiger partial charge on any atom is 0.321 e. The molecule has 2 fully saturated rings. The molecule has 2 saturated heterocycles. The van der Waals surface area contributed by atoms with Gasteiger partial charge >= 0.3 is 5.97 Å². The smallest absolute Gasteiger partial charge is 0.321 e. The molecule has 0 bridgehead atoms. The van der Waals surface area contributed by atoms with Crippen molar-refractivity contribution in [3.05, 3.63) is 0 Å². The highest BCUT2D eigenvalue weighted by Gasteiger charge is 2.52. The number of esters is 1. The normalized spacial score (nSPS) is 39.5. The summed E-state index contributed by atoms with van der Waals surface area (Å²) < 4.78 is 16.0. The van der Waals surface area contributed by atoms with E-state index in [2.05, 4.69) is 0 Å². The summed E-state index contributed by atoms with van der Waals surface area (Å²) in [6.07, 6.45) is -0.124. The molecule has 0 N–H and O–H groups in total. The lowest BCUT2D eigenvalue weighted by molar-refractivity contribution is -0.153. The third-order valence-corrected chi connectivity index (χ3v) is 3.73. The van der Waals surface area contributed by atoms with Gasteiger partial charge in [0.2, 0.25) is 0 Å². The molecule has 0 aromatic heterocycles. The van der Waals surface area contributed by atoms with Gasteiger partial charge < -0.3 is 14.2 Å². The molecule has 0 aromatic rings. The van der Waals surface area contributed by atoms with Crippen molar-refractivity contribution in [2.45, 2.75) is 37.1 Å². The fourth-order valence-electron chi connectivity index (χ4n) is 1.86. The topological polar surface area (TPSA) is 44.8 Å². The van der Waals surface area contributed by atoms with Crippen molar-refractivity contribution in [2.75, 3.05) is 12.9 Å². The molecule has 3 atom stereocenters. The maximum absolute atomic E-state index is 11.4. The SMILES string of the molecule is COC(=O)[C@@H]1SC[C@@H]2OC(C)(C)O[C@@H]21. The molecule has 0 spiro atoms. The number of methoxy groups -OCH3 is 1. The van der Waals surface area contributed by atoms with Crippen molar-refractivity contribution in [1.82, 2.24) is 0 Å². The second-order valence-electron chi connectivity index (χ2n) is 3.92. The molecule has 0 amide bonds. The molecule has 14 heavy (non-hydrogen) atoms. The van der Waals surface area contributed by atoms with Crippen LogP contribution in [0.5, 0.6) is 0 Å². The molecular weight excluding hydrogens is 204 g/mol. The van der Waals surface area contributed by atoms with Gasteiger partial charge in [0.05, 0.1) is 13.2 Å². The van der Waals surface area contributed by atoms with E-state index >= 15 is 0 Å². The summed E-state index contributed by atoms with van der Waals surface area (Å²) >= 11 is 1.54. The van der Waals surface area contributed by atoms with E-state index in [1.54, 1.807) is 11.8 Å². The van der Waals surface area contributed by atoms with E-state index in [0.29, 0.717) is 0 Å². The quantitative estimate of drug-likeness (QED) is 0.609. The van der Waals surface area contributed by atoms with Crippen molar-refractivity contribution in [3.8, 4) is 0 Å². The number of hydrogen-bond donors (Lipinski definition) is 0. The van der Waals surface area contributed by atoms with Crippen LogP contribution in [0.3, 0.4) is 0 Å². The Kier molecular flexibility index (Phi) is 2.49. The van der Waals surface area contributed by atoms with E-state index in [4.69, 9.17) is 14.2 Å². The van der Waals surface area contributed by atoms with Crippen LogP contribution in [0.2, 0.25) is 0 Å². The number of carbonyl (C=O) groups excluding carboxylic acids is 1. The zero-order chi connectivity index (χ0) is 10.3. The van der Waals surface area contributed by atoms with Gasteiger partial charge in [0.15, 0.2) is 5.79 Å². The van der Waals surface area contributed by atoms with Gasteiger partial charge in [0, 0.05) is 5.75 Å². The van der Waals surface area contributed by atoms with Crippen LogP contribution in [-0.4, -0.2) is 42.1 Å². The van der Waals surface area contributed by atoms with Gasteiger partial charge in [-0.25, -0.2) is 0 Å². The van der Waals surface area contributed by atoms with Crippen LogP contribution in [0, 0.1) is 0 Å². The highest BCUT2D eigenvalue weighted by molar-refractivity contribution is 8.01. The number of hydrogen-bond acceptors (Lipinski definition) is 5. The molecule has 4 nitrogen and oxygen atoms in total. The predicted molar refractivity (Wildman–Crippen MR) is 52.1 cm³/mol. The highest BCUT2D eigenvalue weighted by Crippen LogP contribution is 2.41. The first kappa shape index (κ1) is 10.3. The minimum atomic E-state index is -0.567.